The Hall–Kier alpha value is -4.73. The van der Waals surface area contributed by atoms with E-state index in [2.05, 4.69) is 20.0 Å². The third-order valence-electron chi connectivity index (χ3n) is 6.24. The molecule has 36 heavy (non-hydrogen) atoms. The molecule has 1 aliphatic heterocycles. The molecule has 0 spiro atoms. The third kappa shape index (κ3) is 4.02. The highest BCUT2D eigenvalue weighted by molar-refractivity contribution is 5.94. The number of hydrogen-bond acceptors (Lipinski definition) is 7. The van der Waals surface area contributed by atoms with Crippen molar-refractivity contribution in [1.82, 2.24) is 24.5 Å². The van der Waals surface area contributed by atoms with Crippen LogP contribution in [0.15, 0.2) is 77.4 Å². The molecular formula is C26H22FN7O2. The first-order valence-corrected chi connectivity index (χ1v) is 11.5. The van der Waals surface area contributed by atoms with Crippen LogP contribution in [0.2, 0.25) is 0 Å². The van der Waals surface area contributed by atoms with Crippen LogP contribution in [0.4, 0.5) is 16.0 Å². The topological polar surface area (TPSA) is 106 Å². The van der Waals surface area contributed by atoms with E-state index in [1.165, 1.54) is 16.6 Å². The number of aromatic nitrogens is 4. The molecule has 0 saturated carbocycles. The van der Waals surface area contributed by atoms with E-state index in [1.807, 2.05) is 30.3 Å². The number of piperazine rings is 1. The monoisotopic (exact) mass is 483 g/mol. The van der Waals surface area contributed by atoms with Crippen LogP contribution in [0.25, 0.3) is 28.5 Å². The first-order chi connectivity index (χ1) is 17.5. The third-order valence-corrected chi connectivity index (χ3v) is 6.24. The van der Waals surface area contributed by atoms with Gasteiger partial charge in [-0.1, -0.05) is 18.2 Å². The Morgan fingerprint density at radius 1 is 0.944 bits per heavy atom. The summed E-state index contributed by atoms with van der Waals surface area (Å²) < 4.78 is 20.4. The average Bonchev–Trinajstić information content (AvgIpc) is 3.59. The van der Waals surface area contributed by atoms with Crippen LogP contribution < -0.4 is 10.6 Å². The van der Waals surface area contributed by atoms with Gasteiger partial charge in [-0.25, -0.2) is 14.4 Å². The Morgan fingerprint density at radius 3 is 2.56 bits per heavy atom. The van der Waals surface area contributed by atoms with Crippen molar-refractivity contribution in [3.05, 3.63) is 84.4 Å². The number of nitrogens with two attached hydrogens (primary N) is 1. The Kier molecular flexibility index (Phi) is 5.33. The minimum absolute atomic E-state index is 0.155. The summed E-state index contributed by atoms with van der Waals surface area (Å²) in [6.45, 7) is 2.42. The molecule has 2 N–H and O–H groups in total. The van der Waals surface area contributed by atoms with E-state index in [4.69, 9.17) is 10.2 Å². The van der Waals surface area contributed by atoms with Crippen molar-refractivity contribution in [2.24, 2.45) is 0 Å². The molecule has 0 unspecified atom stereocenters. The lowest BCUT2D eigenvalue weighted by molar-refractivity contribution is 0.0746. The fraction of sp³-hybridized carbons (Fsp3) is 0.154. The molecule has 0 radical (unpaired) electrons. The van der Waals surface area contributed by atoms with Crippen molar-refractivity contribution in [2.45, 2.75) is 0 Å². The molecular weight excluding hydrogens is 461 g/mol. The summed E-state index contributed by atoms with van der Waals surface area (Å²) >= 11 is 0. The first kappa shape index (κ1) is 21.8. The second-order valence-electron chi connectivity index (χ2n) is 8.52. The first-order valence-electron chi connectivity index (χ1n) is 11.5. The highest BCUT2D eigenvalue weighted by atomic mass is 19.1. The van der Waals surface area contributed by atoms with Crippen LogP contribution in [-0.2, 0) is 0 Å². The quantitative estimate of drug-likeness (QED) is 0.415. The smallest absolute Gasteiger partial charge is 0.254 e. The molecule has 10 heteroatoms. The predicted molar refractivity (Wildman–Crippen MR) is 133 cm³/mol. The zero-order valence-corrected chi connectivity index (χ0v) is 19.2. The minimum atomic E-state index is -0.410. The Labute approximate surface area is 205 Å². The standard InChI is InChI=1S/C26H22FN7O2/c27-19-6-1-5-18(14-19)25(35)33-11-9-32(10-12-33)20-7-2-4-17(15-20)21-16-23-30-24(22-8-3-13-36-22)31-34(23)26(28)29-21/h1-8,13-16H,9-12H2,(H2,28,29). The van der Waals surface area contributed by atoms with Crippen molar-refractivity contribution in [3.63, 3.8) is 0 Å². The lowest BCUT2D eigenvalue weighted by Gasteiger charge is -2.36. The van der Waals surface area contributed by atoms with Crippen molar-refractivity contribution >= 4 is 23.2 Å². The summed E-state index contributed by atoms with van der Waals surface area (Å²) in [5.74, 6) is 0.648. The van der Waals surface area contributed by atoms with Crippen LogP contribution in [0, 0.1) is 5.82 Å². The second-order valence-corrected chi connectivity index (χ2v) is 8.52. The number of anilines is 2. The van der Waals surface area contributed by atoms with Crippen molar-refractivity contribution in [1.29, 1.82) is 0 Å². The number of amides is 1. The Bertz CT molecular complexity index is 1560. The van der Waals surface area contributed by atoms with Crippen LogP contribution in [0.5, 0.6) is 0 Å². The second kappa shape index (κ2) is 8.81. The number of hydrogen-bond donors (Lipinski definition) is 1. The van der Waals surface area contributed by atoms with Gasteiger partial charge in [-0.2, -0.15) is 4.52 Å². The van der Waals surface area contributed by atoms with Gasteiger partial charge in [0.15, 0.2) is 11.4 Å². The van der Waals surface area contributed by atoms with E-state index in [0.717, 1.165) is 11.3 Å². The van der Waals surface area contributed by atoms with Gasteiger partial charge in [0.1, 0.15) is 5.82 Å². The number of carbonyl (C=O) groups is 1. The average molecular weight is 484 g/mol. The zero-order chi connectivity index (χ0) is 24.6. The molecule has 4 heterocycles. The molecule has 1 fully saturated rings. The molecule has 9 nitrogen and oxygen atoms in total. The van der Waals surface area contributed by atoms with E-state index >= 15 is 0 Å². The minimum Gasteiger partial charge on any atom is -0.461 e. The van der Waals surface area contributed by atoms with Crippen LogP contribution in [0.1, 0.15) is 10.4 Å². The maximum absolute atomic E-state index is 13.5. The molecule has 2 aromatic carbocycles. The number of halogens is 1. The molecule has 1 aliphatic rings. The highest BCUT2D eigenvalue weighted by Gasteiger charge is 2.23. The highest BCUT2D eigenvalue weighted by Crippen LogP contribution is 2.27. The largest absolute Gasteiger partial charge is 0.461 e. The SMILES string of the molecule is Nc1nc(-c2cccc(N3CCN(C(=O)c4cccc(F)c4)CC3)c2)cc2nc(-c3ccco3)nn12. The number of fused-ring (bicyclic) bond motifs is 1. The molecule has 1 saturated heterocycles. The van der Waals surface area contributed by atoms with E-state index in [0.29, 0.717) is 54.7 Å². The number of nitrogens with zero attached hydrogens (tertiary/aromatic N) is 6. The summed E-state index contributed by atoms with van der Waals surface area (Å²) in [6, 6.07) is 19.2. The summed E-state index contributed by atoms with van der Waals surface area (Å²) in [6.07, 6.45) is 1.57. The maximum atomic E-state index is 13.5. The van der Waals surface area contributed by atoms with Gasteiger partial charge in [-0.3, -0.25) is 4.79 Å². The number of carbonyl (C=O) groups excluding carboxylic acids is 1. The maximum Gasteiger partial charge on any atom is 0.254 e. The van der Waals surface area contributed by atoms with E-state index in [9.17, 15) is 9.18 Å². The van der Waals surface area contributed by atoms with Crippen molar-refractivity contribution in [2.75, 3.05) is 36.8 Å². The van der Waals surface area contributed by atoms with Crippen LogP contribution in [-0.4, -0.2) is 56.6 Å². The van der Waals surface area contributed by atoms with E-state index in [-0.39, 0.29) is 11.9 Å². The van der Waals surface area contributed by atoms with Gasteiger partial charge in [-0.15, -0.1) is 5.10 Å². The van der Waals surface area contributed by atoms with Gasteiger partial charge in [0.2, 0.25) is 11.8 Å². The number of furan rings is 1. The van der Waals surface area contributed by atoms with Crippen LogP contribution >= 0.6 is 0 Å². The fourth-order valence-electron chi connectivity index (χ4n) is 4.40. The van der Waals surface area contributed by atoms with Crippen molar-refractivity contribution in [3.8, 4) is 22.8 Å². The normalized spacial score (nSPS) is 13.9. The number of nitrogen functional groups attached to an aromatic ring is 1. The molecule has 180 valence electrons. The lowest BCUT2D eigenvalue weighted by atomic mass is 10.1. The fourth-order valence-corrected chi connectivity index (χ4v) is 4.40. The molecule has 0 aliphatic carbocycles. The van der Waals surface area contributed by atoms with E-state index in [1.54, 1.807) is 35.4 Å². The summed E-state index contributed by atoms with van der Waals surface area (Å²) in [7, 11) is 0. The van der Waals surface area contributed by atoms with E-state index < -0.39 is 5.82 Å². The lowest BCUT2D eigenvalue weighted by Crippen LogP contribution is -2.48. The molecule has 0 bridgehead atoms. The molecule has 6 rings (SSSR count). The summed E-state index contributed by atoms with van der Waals surface area (Å²) in [4.78, 5) is 25.8. The summed E-state index contributed by atoms with van der Waals surface area (Å²) in [5.41, 5.74) is 9.72. The molecule has 3 aromatic heterocycles. The molecule has 1 amide bonds. The summed E-state index contributed by atoms with van der Waals surface area (Å²) in [5, 5.41) is 4.39. The zero-order valence-electron chi connectivity index (χ0n) is 19.2. The van der Waals surface area contributed by atoms with Crippen molar-refractivity contribution < 1.29 is 13.6 Å². The molecule has 0 atom stereocenters. The van der Waals surface area contributed by atoms with Gasteiger partial charge in [0.05, 0.1) is 12.0 Å². The number of rotatable bonds is 4. The Balaban J connectivity index is 1.21. The number of benzene rings is 2. The van der Waals surface area contributed by atoms with Crippen LogP contribution in [0.3, 0.4) is 0 Å². The molecule has 5 aromatic rings. The Morgan fingerprint density at radius 2 is 1.78 bits per heavy atom. The van der Waals surface area contributed by atoms with Gasteiger partial charge in [0.25, 0.3) is 5.91 Å². The van der Waals surface area contributed by atoms with Gasteiger partial charge in [0, 0.05) is 49.1 Å². The van der Waals surface area contributed by atoms with Gasteiger partial charge >= 0.3 is 0 Å². The van der Waals surface area contributed by atoms with Gasteiger partial charge < -0.3 is 20.0 Å². The predicted octanol–water partition coefficient (Wildman–Crippen LogP) is 3.74. The van der Waals surface area contributed by atoms with Gasteiger partial charge in [-0.05, 0) is 42.5 Å².